The van der Waals surface area contributed by atoms with Gasteiger partial charge in [-0.3, -0.25) is 4.79 Å². The highest BCUT2D eigenvalue weighted by Crippen LogP contribution is 2.27. The SMILES string of the molecule is O=C(Nc1ccc(Cl)cc1-n1cccc1)c1ccc(F)c(S(=O)(=O)N2CCCC2)c1. The molecule has 9 heteroatoms. The van der Waals surface area contributed by atoms with Crippen LogP contribution in [0.3, 0.4) is 0 Å². The molecule has 6 nitrogen and oxygen atoms in total. The first-order chi connectivity index (χ1) is 14.4. The molecule has 1 N–H and O–H groups in total. The van der Waals surface area contributed by atoms with Crippen LogP contribution in [0.4, 0.5) is 10.1 Å². The van der Waals surface area contributed by atoms with E-state index in [1.165, 1.54) is 10.4 Å². The van der Waals surface area contributed by atoms with Crippen LogP contribution >= 0.6 is 11.6 Å². The Kier molecular flexibility index (Phi) is 5.64. The lowest BCUT2D eigenvalue weighted by Gasteiger charge is -2.17. The number of aromatic nitrogens is 1. The van der Waals surface area contributed by atoms with Crippen LogP contribution in [0.15, 0.2) is 65.8 Å². The molecule has 0 bridgehead atoms. The first-order valence-electron chi connectivity index (χ1n) is 9.40. The van der Waals surface area contributed by atoms with Gasteiger partial charge in [0.05, 0.1) is 11.4 Å². The maximum absolute atomic E-state index is 14.3. The van der Waals surface area contributed by atoms with E-state index in [9.17, 15) is 17.6 Å². The molecule has 1 aliphatic rings. The van der Waals surface area contributed by atoms with E-state index < -0.39 is 26.6 Å². The predicted molar refractivity (Wildman–Crippen MR) is 113 cm³/mol. The third-order valence-electron chi connectivity index (χ3n) is 4.97. The maximum atomic E-state index is 14.3. The number of hydrogen-bond acceptors (Lipinski definition) is 3. The van der Waals surface area contributed by atoms with Crippen LogP contribution in [-0.4, -0.2) is 36.3 Å². The van der Waals surface area contributed by atoms with Crippen molar-refractivity contribution in [2.45, 2.75) is 17.7 Å². The van der Waals surface area contributed by atoms with Gasteiger partial charge in [-0.05, 0) is 61.4 Å². The average Bonchev–Trinajstić information content (AvgIpc) is 3.44. The molecule has 0 unspecified atom stereocenters. The van der Waals surface area contributed by atoms with Crippen molar-refractivity contribution in [3.05, 3.63) is 77.3 Å². The Morgan fingerprint density at radius 2 is 1.73 bits per heavy atom. The van der Waals surface area contributed by atoms with Crippen LogP contribution in [-0.2, 0) is 10.0 Å². The first kappa shape index (κ1) is 20.6. The number of benzene rings is 2. The molecule has 1 aliphatic heterocycles. The summed E-state index contributed by atoms with van der Waals surface area (Å²) in [6, 6.07) is 12.0. The Morgan fingerprint density at radius 3 is 2.43 bits per heavy atom. The zero-order valence-electron chi connectivity index (χ0n) is 15.9. The fourth-order valence-corrected chi connectivity index (χ4v) is 5.20. The van der Waals surface area contributed by atoms with Crippen LogP contribution < -0.4 is 5.32 Å². The van der Waals surface area contributed by atoms with Gasteiger partial charge in [-0.25, -0.2) is 12.8 Å². The molecule has 1 fully saturated rings. The third kappa shape index (κ3) is 3.98. The minimum absolute atomic E-state index is 0.0441. The van der Waals surface area contributed by atoms with Crippen molar-refractivity contribution >= 4 is 33.2 Å². The standard InChI is InChI=1S/C21H19ClFN3O3S/c22-16-6-8-18(19(14-16)25-9-1-2-10-25)24-21(27)15-5-7-17(23)20(13-15)30(28,29)26-11-3-4-12-26/h1-2,5-10,13-14H,3-4,11-12H2,(H,24,27). The Bertz CT molecular complexity index is 1190. The van der Waals surface area contributed by atoms with Gasteiger partial charge in [-0.15, -0.1) is 0 Å². The highest BCUT2D eigenvalue weighted by molar-refractivity contribution is 7.89. The summed E-state index contributed by atoms with van der Waals surface area (Å²) in [5.41, 5.74) is 1.17. The van der Waals surface area contributed by atoms with Crippen molar-refractivity contribution < 1.29 is 17.6 Å². The molecule has 2 aromatic carbocycles. The number of rotatable bonds is 5. The summed E-state index contributed by atoms with van der Waals surface area (Å²) in [5.74, 6) is -1.43. The van der Waals surface area contributed by atoms with Crippen LogP contribution in [0.1, 0.15) is 23.2 Å². The van der Waals surface area contributed by atoms with Crippen molar-refractivity contribution in [2.75, 3.05) is 18.4 Å². The normalized spacial score (nSPS) is 14.7. The molecular weight excluding hydrogens is 429 g/mol. The van der Waals surface area contributed by atoms with Crippen molar-refractivity contribution in [1.29, 1.82) is 0 Å². The molecule has 1 amide bonds. The number of carbonyl (C=O) groups excluding carboxylic acids is 1. The monoisotopic (exact) mass is 447 g/mol. The van der Waals surface area contributed by atoms with Crippen molar-refractivity contribution in [3.8, 4) is 5.69 Å². The zero-order valence-corrected chi connectivity index (χ0v) is 17.5. The first-order valence-corrected chi connectivity index (χ1v) is 11.2. The Balaban J connectivity index is 1.66. The molecule has 1 aromatic heterocycles. The highest BCUT2D eigenvalue weighted by atomic mass is 35.5. The van der Waals surface area contributed by atoms with Crippen molar-refractivity contribution in [3.63, 3.8) is 0 Å². The minimum Gasteiger partial charge on any atom is -0.322 e. The summed E-state index contributed by atoms with van der Waals surface area (Å²) in [6.45, 7) is 0.701. The number of hydrogen-bond donors (Lipinski definition) is 1. The van der Waals surface area contributed by atoms with Gasteiger partial charge in [0, 0.05) is 36.1 Å². The van der Waals surface area contributed by atoms with E-state index in [2.05, 4.69) is 5.32 Å². The molecule has 30 heavy (non-hydrogen) atoms. The molecule has 156 valence electrons. The summed E-state index contributed by atoms with van der Waals surface area (Å²) in [6.07, 6.45) is 5.08. The minimum atomic E-state index is -3.99. The van der Waals surface area contributed by atoms with Crippen LogP contribution in [0, 0.1) is 5.82 Å². The van der Waals surface area contributed by atoms with Gasteiger partial charge in [0.1, 0.15) is 10.7 Å². The Labute approximate surface area is 178 Å². The van der Waals surface area contributed by atoms with E-state index in [0.29, 0.717) is 29.5 Å². The summed E-state index contributed by atoms with van der Waals surface area (Å²) in [4.78, 5) is 12.4. The number of sulfonamides is 1. The molecule has 0 atom stereocenters. The lowest BCUT2D eigenvalue weighted by atomic mass is 10.2. The number of amides is 1. The van der Waals surface area contributed by atoms with E-state index in [1.54, 1.807) is 35.2 Å². The summed E-state index contributed by atoms with van der Waals surface area (Å²) in [5, 5.41) is 3.26. The molecule has 0 saturated carbocycles. The Hall–Kier alpha value is -2.68. The summed E-state index contributed by atoms with van der Waals surface area (Å²) in [7, 11) is -3.99. The van der Waals surface area contributed by atoms with Gasteiger partial charge in [-0.1, -0.05) is 11.6 Å². The van der Waals surface area contributed by atoms with Gasteiger partial charge in [0.2, 0.25) is 10.0 Å². The third-order valence-corrected chi connectivity index (χ3v) is 7.12. The van der Waals surface area contributed by atoms with E-state index >= 15 is 0 Å². The Morgan fingerprint density at radius 1 is 1.03 bits per heavy atom. The predicted octanol–water partition coefficient (Wildman–Crippen LogP) is 4.31. The number of anilines is 1. The van der Waals surface area contributed by atoms with Crippen molar-refractivity contribution in [2.24, 2.45) is 0 Å². The van der Waals surface area contributed by atoms with E-state index in [1.807, 2.05) is 12.1 Å². The van der Waals surface area contributed by atoms with E-state index in [-0.39, 0.29) is 5.56 Å². The molecular formula is C21H19ClFN3O3S. The number of carbonyl (C=O) groups is 1. The average molecular weight is 448 g/mol. The summed E-state index contributed by atoms with van der Waals surface area (Å²) >= 11 is 6.10. The molecule has 2 heterocycles. The van der Waals surface area contributed by atoms with Gasteiger partial charge < -0.3 is 9.88 Å². The molecule has 0 radical (unpaired) electrons. The van der Waals surface area contributed by atoms with Crippen LogP contribution in [0.25, 0.3) is 5.69 Å². The zero-order chi connectivity index (χ0) is 21.3. The van der Waals surface area contributed by atoms with Gasteiger partial charge in [0.25, 0.3) is 5.91 Å². The smallest absolute Gasteiger partial charge is 0.255 e. The molecule has 4 rings (SSSR count). The van der Waals surface area contributed by atoms with Crippen LogP contribution in [0.2, 0.25) is 5.02 Å². The fraction of sp³-hybridized carbons (Fsp3) is 0.190. The molecule has 0 spiro atoms. The lowest BCUT2D eigenvalue weighted by Crippen LogP contribution is -2.29. The van der Waals surface area contributed by atoms with Gasteiger partial charge >= 0.3 is 0 Å². The van der Waals surface area contributed by atoms with Crippen molar-refractivity contribution in [1.82, 2.24) is 8.87 Å². The van der Waals surface area contributed by atoms with Crippen LogP contribution in [0.5, 0.6) is 0 Å². The second kappa shape index (κ2) is 8.22. The topological polar surface area (TPSA) is 71.4 Å². The largest absolute Gasteiger partial charge is 0.322 e. The maximum Gasteiger partial charge on any atom is 0.255 e. The van der Waals surface area contributed by atoms with E-state index in [0.717, 1.165) is 25.0 Å². The lowest BCUT2D eigenvalue weighted by molar-refractivity contribution is 0.102. The molecule has 3 aromatic rings. The summed E-state index contributed by atoms with van der Waals surface area (Å²) < 4.78 is 42.9. The highest BCUT2D eigenvalue weighted by Gasteiger charge is 2.30. The quantitative estimate of drug-likeness (QED) is 0.633. The molecule has 0 aliphatic carbocycles. The number of halogens is 2. The van der Waals surface area contributed by atoms with Gasteiger partial charge in [-0.2, -0.15) is 4.31 Å². The second-order valence-electron chi connectivity index (χ2n) is 6.96. The second-order valence-corrected chi connectivity index (χ2v) is 9.31. The molecule has 1 saturated heterocycles. The van der Waals surface area contributed by atoms with E-state index in [4.69, 9.17) is 11.6 Å². The fourth-order valence-electron chi connectivity index (χ4n) is 3.42. The van der Waals surface area contributed by atoms with Gasteiger partial charge in [0.15, 0.2) is 0 Å². The number of nitrogens with zero attached hydrogens (tertiary/aromatic N) is 2. The number of nitrogens with one attached hydrogen (secondary N) is 1.